The van der Waals surface area contributed by atoms with E-state index in [9.17, 15) is 9.69 Å². The summed E-state index contributed by atoms with van der Waals surface area (Å²) in [5, 5.41) is 2.03. The maximum atomic E-state index is 11.8. The number of amides is 1. The molecule has 7 nitrogen and oxygen atoms in total. The van der Waals surface area contributed by atoms with Gasteiger partial charge in [-0.25, -0.2) is 9.78 Å². The molecule has 3 aromatic rings. The molecule has 3 heterocycles. The second-order valence-corrected chi connectivity index (χ2v) is 8.87. The van der Waals surface area contributed by atoms with Gasteiger partial charge in [-0.1, -0.05) is 6.07 Å². The van der Waals surface area contributed by atoms with Crippen LogP contribution in [0.4, 0.5) is 4.79 Å². The molecule has 0 spiro atoms. The zero-order valence-corrected chi connectivity index (χ0v) is 18.1. The summed E-state index contributed by atoms with van der Waals surface area (Å²) in [6, 6.07) is 11.9. The Morgan fingerprint density at radius 1 is 1.23 bits per heavy atom. The minimum Gasteiger partial charge on any atom is -0.489 e. The lowest BCUT2D eigenvalue weighted by Crippen LogP contribution is -2.42. The van der Waals surface area contributed by atoms with E-state index < -0.39 is 8.15 Å². The number of pyridine rings is 1. The molecule has 0 radical (unpaired) electrons. The lowest BCUT2D eigenvalue weighted by molar-refractivity contribution is 0.0702. The van der Waals surface area contributed by atoms with Crippen molar-refractivity contribution in [3.05, 3.63) is 48.8 Å². The van der Waals surface area contributed by atoms with Crippen LogP contribution in [0.2, 0.25) is 0 Å². The van der Waals surface area contributed by atoms with E-state index in [-0.39, 0.29) is 12.2 Å². The average Bonchev–Trinajstić information content (AvgIpc) is 3.18. The molecule has 2 aromatic heterocycles. The normalized spacial score (nSPS) is 15.9. The Labute approximate surface area is 177 Å². The standard InChI is InChI=1S/C22H26N3O4P/c1-3-28-22(26)24-11-9-17(10-12-24)29-18-4-7-21(23-15-18)25-13-8-16-14-19(30(2)27)5-6-20(16)25/h4-8,13-15,17,27H,3,9-12H2,1-2H3. The summed E-state index contributed by atoms with van der Waals surface area (Å²) in [7, 11) is -1.11. The molecule has 0 aliphatic carbocycles. The quantitative estimate of drug-likeness (QED) is 0.629. The summed E-state index contributed by atoms with van der Waals surface area (Å²) < 4.78 is 13.1. The fourth-order valence-electron chi connectivity index (χ4n) is 3.68. The van der Waals surface area contributed by atoms with Gasteiger partial charge in [0, 0.05) is 42.8 Å². The van der Waals surface area contributed by atoms with Crippen molar-refractivity contribution in [2.45, 2.75) is 25.9 Å². The van der Waals surface area contributed by atoms with Crippen molar-refractivity contribution in [3.8, 4) is 11.6 Å². The van der Waals surface area contributed by atoms with Gasteiger partial charge >= 0.3 is 6.09 Å². The highest BCUT2D eigenvalue weighted by Gasteiger charge is 2.24. The molecule has 1 amide bonds. The van der Waals surface area contributed by atoms with E-state index in [0.717, 1.165) is 40.6 Å². The van der Waals surface area contributed by atoms with Crippen LogP contribution in [0, 0.1) is 0 Å². The number of carbonyl (C=O) groups is 1. The lowest BCUT2D eigenvalue weighted by atomic mass is 10.1. The van der Waals surface area contributed by atoms with Crippen LogP contribution in [0.25, 0.3) is 16.7 Å². The molecule has 1 saturated heterocycles. The second kappa shape index (κ2) is 9.02. The molecule has 1 N–H and O–H groups in total. The zero-order chi connectivity index (χ0) is 21.1. The van der Waals surface area contributed by atoms with Crippen molar-refractivity contribution in [2.75, 3.05) is 26.4 Å². The summed E-state index contributed by atoms with van der Waals surface area (Å²) in [5.74, 6) is 1.54. The third kappa shape index (κ3) is 4.42. The maximum absolute atomic E-state index is 11.8. The number of piperidine rings is 1. The Balaban J connectivity index is 1.40. The number of hydrogen-bond acceptors (Lipinski definition) is 5. The smallest absolute Gasteiger partial charge is 0.409 e. The fraction of sp³-hybridized carbons (Fsp3) is 0.364. The highest BCUT2D eigenvalue weighted by Crippen LogP contribution is 2.27. The molecule has 1 fully saturated rings. The van der Waals surface area contributed by atoms with Crippen LogP contribution in [-0.4, -0.2) is 57.9 Å². The molecular formula is C22H26N3O4P. The number of nitrogens with zero attached hydrogens (tertiary/aromatic N) is 3. The number of carbonyl (C=O) groups excluding carboxylic acids is 1. The van der Waals surface area contributed by atoms with E-state index in [4.69, 9.17) is 9.47 Å². The first kappa shape index (κ1) is 20.6. The highest BCUT2D eigenvalue weighted by atomic mass is 31.1. The summed E-state index contributed by atoms with van der Waals surface area (Å²) in [5.41, 5.74) is 1.04. The monoisotopic (exact) mass is 427 g/mol. The Morgan fingerprint density at radius 3 is 2.70 bits per heavy atom. The van der Waals surface area contributed by atoms with Crippen molar-refractivity contribution < 1.29 is 19.2 Å². The van der Waals surface area contributed by atoms with Gasteiger partial charge in [-0.05, 0) is 43.9 Å². The average molecular weight is 427 g/mol. The molecule has 4 rings (SSSR count). The third-order valence-electron chi connectivity index (χ3n) is 5.29. The predicted molar refractivity (Wildman–Crippen MR) is 118 cm³/mol. The summed E-state index contributed by atoms with van der Waals surface area (Å²) in [4.78, 5) is 27.9. The first-order valence-electron chi connectivity index (χ1n) is 10.1. The molecule has 1 aromatic carbocycles. The van der Waals surface area contributed by atoms with Crippen LogP contribution in [0.15, 0.2) is 48.8 Å². The Bertz CT molecular complexity index is 1010. The molecule has 1 atom stereocenters. The number of rotatable bonds is 5. The van der Waals surface area contributed by atoms with Gasteiger partial charge in [0.2, 0.25) is 0 Å². The van der Waals surface area contributed by atoms with Crippen LogP contribution in [-0.2, 0) is 4.74 Å². The second-order valence-electron chi connectivity index (χ2n) is 7.31. The van der Waals surface area contributed by atoms with Gasteiger partial charge in [0.25, 0.3) is 0 Å². The lowest BCUT2D eigenvalue weighted by Gasteiger charge is -2.31. The van der Waals surface area contributed by atoms with Crippen molar-refractivity contribution >= 4 is 30.4 Å². The van der Waals surface area contributed by atoms with E-state index in [1.807, 2.05) is 60.8 Å². The molecular weight excluding hydrogens is 401 g/mol. The topological polar surface area (TPSA) is 76.8 Å². The highest BCUT2D eigenvalue weighted by molar-refractivity contribution is 7.59. The van der Waals surface area contributed by atoms with E-state index in [0.29, 0.717) is 19.7 Å². The van der Waals surface area contributed by atoms with Crippen LogP contribution < -0.4 is 10.0 Å². The molecule has 158 valence electrons. The first-order valence-corrected chi connectivity index (χ1v) is 11.9. The Kier molecular flexibility index (Phi) is 6.21. The van der Waals surface area contributed by atoms with Gasteiger partial charge in [0.15, 0.2) is 0 Å². The molecule has 1 unspecified atom stereocenters. The molecule has 1 aliphatic rings. The number of benzene rings is 1. The molecule has 8 heteroatoms. The van der Waals surface area contributed by atoms with Gasteiger partial charge < -0.3 is 23.8 Å². The fourth-order valence-corrected chi connectivity index (χ4v) is 4.30. The molecule has 0 saturated carbocycles. The van der Waals surface area contributed by atoms with E-state index in [2.05, 4.69) is 4.98 Å². The van der Waals surface area contributed by atoms with Crippen molar-refractivity contribution in [1.82, 2.24) is 14.5 Å². The van der Waals surface area contributed by atoms with E-state index in [1.54, 1.807) is 11.1 Å². The summed E-state index contributed by atoms with van der Waals surface area (Å²) in [6.45, 7) is 5.32. The SMILES string of the molecule is CCOC(=O)N1CCC(Oc2ccc(-n3ccc4cc(P(C)O)ccc43)nc2)CC1. The molecule has 1 aliphatic heterocycles. The number of ether oxygens (including phenoxy) is 2. The minimum absolute atomic E-state index is 0.0663. The third-order valence-corrected chi connectivity index (χ3v) is 6.31. The summed E-state index contributed by atoms with van der Waals surface area (Å²) in [6.07, 6.45) is 5.09. The van der Waals surface area contributed by atoms with Gasteiger partial charge in [0.05, 0.1) is 26.5 Å². The Morgan fingerprint density at radius 2 is 2.03 bits per heavy atom. The van der Waals surface area contributed by atoms with Crippen LogP contribution >= 0.6 is 8.15 Å². The van der Waals surface area contributed by atoms with Gasteiger partial charge in [0.1, 0.15) is 17.7 Å². The Hall–Kier alpha value is -2.63. The van der Waals surface area contributed by atoms with Crippen LogP contribution in [0.5, 0.6) is 5.75 Å². The maximum Gasteiger partial charge on any atom is 0.409 e. The minimum atomic E-state index is -1.11. The number of fused-ring (bicyclic) bond motifs is 1. The molecule has 0 bridgehead atoms. The summed E-state index contributed by atoms with van der Waals surface area (Å²) >= 11 is 0. The largest absolute Gasteiger partial charge is 0.489 e. The van der Waals surface area contributed by atoms with Crippen LogP contribution in [0.3, 0.4) is 0 Å². The van der Waals surface area contributed by atoms with E-state index >= 15 is 0 Å². The van der Waals surface area contributed by atoms with Crippen molar-refractivity contribution in [1.29, 1.82) is 0 Å². The van der Waals surface area contributed by atoms with Gasteiger partial charge in [-0.15, -0.1) is 0 Å². The van der Waals surface area contributed by atoms with Crippen molar-refractivity contribution in [3.63, 3.8) is 0 Å². The van der Waals surface area contributed by atoms with Gasteiger partial charge in [-0.2, -0.15) is 0 Å². The van der Waals surface area contributed by atoms with E-state index in [1.165, 1.54) is 0 Å². The number of hydrogen-bond donors (Lipinski definition) is 1. The molecule has 30 heavy (non-hydrogen) atoms. The van der Waals surface area contributed by atoms with Gasteiger partial charge in [-0.3, -0.25) is 0 Å². The van der Waals surface area contributed by atoms with Crippen LogP contribution in [0.1, 0.15) is 19.8 Å². The number of likely N-dealkylation sites (tertiary alicyclic amines) is 1. The number of aromatic nitrogens is 2. The van der Waals surface area contributed by atoms with Crippen molar-refractivity contribution in [2.24, 2.45) is 0 Å². The zero-order valence-electron chi connectivity index (χ0n) is 17.2. The predicted octanol–water partition coefficient (Wildman–Crippen LogP) is 3.67. The first-order chi connectivity index (χ1) is 14.5.